The first-order valence-corrected chi connectivity index (χ1v) is 12.7. The van der Waals surface area contributed by atoms with Crippen molar-refractivity contribution in [2.45, 2.75) is 40.2 Å². The van der Waals surface area contributed by atoms with Crippen LogP contribution in [-0.2, 0) is 25.6 Å². The van der Waals surface area contributed by atoms with Gasteiger partial charge in [-0.3, -0.25) is 38.8 Å². The molecule has 1 N–H and O–H groups in total. The highest BCUT2D eigenvalue weighted by molar-refractivity contribution is 5.82. The third-order valence-electron chi connectivity index (χ3n) is 6.49. The fourth-order valence-corrected chi connectivity index (χ4v) is 4.67. The summed E-state index contributed by atoms with van der Waals surface area (Å²) < 4.78 is 0. The summed E-state index contributed by atoms with van der Waals surface area (Å²) in [6, 6.07) is 6.55. The van der Waals surface area contributed by atoms with Crippen LogP contribution in [0, 0.1) is 0 Å². The van der Waals surface area contributed by atoms with Gasteiger partial charge in [0.2, 0.25) is 0 Å². The third-order valence-corrected chi connectivity index (χ3v) is 6.49. The van der Waals surface area contributed by atoms with E-state index in [1.807, 2.05) is 12.1 Å². The van der Waals surface area contributed by atoms with E-state index < -0.39 is 0 Å². The van der Waals surface area contributed by atoms with Crippen LogP contribution in [-0.4, -0.2) is 126 Å². The largest absolute Gasteiger partial charge is 0.508 e. The highest BCUT2D eigenvalue weighted by Crippen LogP contribution is 2.15. The lowest BCUT2D eigenvalue weighted by Gasteiger charge is -2.36. The van der Waals surface area contributed by atoms with E-state index in [0.717, 1.165) is 5.56 Å². The quantitative estimate of drug-likeness (QED) is 0.500. The minimum absolute atomic E-state index is 0.0547. The van der Waals surface area contributed by atoms with Gasteiger partial charge in [-0.25, -0.2) is 0 Å². The zero-order valence-electron chi connectivity index (χ0n) is 22.2. The van der Waals surface area contributed by atoms with Crippen LogP contribution in [0.15, 0.2) is 24.3 Å². The standard InChI is InChI=1S/C27H42N4O5/c1-21(32)18-28-9-11-29(19-22(2)33)13-15-31(16-14-30(12-10-28)20-23(3)34)27(24(4)35)17-25-5-7-26(36)8-6-25/h5-8,27,36H,9-20H2,1-4H3. The van der Waals surface area contributed by atoms with Crippen LogP contribution in [0.4, 0.5) is 0 Å². The summed E-state index contributed by atoms with van der Waals surface area (Å²) in [5, 5.41) is 9.63. The predicted molar refractivity (Wildman–Crippen MR) is 139 cm³/mol. The molecule has 9 heteroatoms. The van der Waals surface area contributed by atoms with Gasteiger partial charge in [-0.15, -0.1) is 0 Å². The Balaban J connectivity index is 2.28. The summed E-state index contributed by atoms with van der Waals surface area (Å²) in [5.41, 5.74) is 0.958. The highest BCUT2D eigenvalue weighted by atomic mass is 16.3. The molecule has 1 aliphatic heterocycles. The Morgan fingerprint density at radius 2 is 1.03 bits per heavy atom. The van der Waals surface area contributed by atoms with Crippen molar-refractivity contribution in [1.82, 2.24) is 19.6 Å². The first kappa shape index (κ1) is 29.8. The first-order valence-electron chi connectivity index (χ1n) is 12.7. The van der Waals surface area contributed by atoms with Gasteiger partial charge < -0.3 is 5.11 Å². The number of hydrogen-bond acceptors (Lipinski definition) is 9. The molecular formula is C27H42N4O5. The SMILES string of the molecule is CC(=O)CN1CCN(CC(C)=O)CCN(C(Cc2ccc(O)cc2)C(C)=O)CCN(CC(C)=O)CC1. The molecule has 9 nitrogen and oxygen atoms in total. The van der Waals surface area contributed by atoms with E-state index in [0.29, 0.717) is 78.4 Å². The zero-order valence-corrected chi connectivity index (χ0v) is 22.2. The summed E-state index contributed by atoms with van der Waals surface area (Å²) in [7, 11) is 0. The molecule has 0 spiro atoms. The second-order valence-corrected chi connectivity index (χ2v) is 9.97. The molecule has 1 aromatic rings. The van der Waals surface area contributed by atoms with Crippen molar-refractivity contribution in [3.8, 4) is 5.75 Å². The van der Waals surface area contributed by atoms with Gasteiger partial charge >= 0.3 is 0 Å². The Morgan fingerprint density at radius 1 is 0.667 bits per heavy atom. The van der Waals surface area contributed by atoms with Crippen molar-refractivity contribution in [3.05, 3.63) is 29.8 Å². The molecule has 1 saturated heterocycles. The Kier molecular flexibility index (Phi) is 12.4. The molecule has 36 heavy (non-hydrogen) atoms. The van der Waals surface area contributed by atoms with Crippen molar-refractivity contribution >= 4 is 23.1 Å². The molecule has 0 amide bonds. The molecule has 2 rings (SSSR count). The Labute approximate surface area is 215 Å². The minimum atomic E-state index is -0.356. The number of carbonyl (C=O) groups is 4. The molecule has 0 bridgehead atoms. The summed E-state index contributed by atoms with van der Waals surface area (Å²) in [6.07, 6.45) is 0.515. The highest BCUT2D eigenvalue weighted by Gasteiger charge is 2.26. The van der Waals surface area contributed by atoms with E-state index in [-0.39, 0.29) is 34.9 Å². The normalized spacial score (nSPS) is 18.7. The van der Waals surface area contributed by atoms with Crippen molar-refractivity contribution in [1.29, 1.82) is 0 Å². The van der Waals surface area contributed by atoms with Gasteiger partial charge in [-0.1, -0.05) is 12.1 Å². The lowest BCUT2D eigenvalue weighted by atomic mass is 10.0. The van der Waals surface area contributed by atoms with Gasteiger partial charge in [0.25, 0.3) is 0 Å². The molecule has 0 aromatic heterocycles. The molecule has 0 saturated carbocycles. The van der Waals surface area contributed by atoms with Gasteiger partial charge in [0.1, 0.15) is 28.9 Å². The molecule has 1 unspecified atom stereocenters. The minimum Gasteiger partial charge on any atom is -0.508 e. The summed E-state index contributed by atoms with van der Waals surface area (Å²) in [4.78, 5) is 56.9. The van der Waals surface area contributed by atoms with Crippen LogP contribution < -0.4 is 0 Å². The maximum atomic E-state index is 12.8. The number of hydrogen-bond donors (Lipinski definition) is 1. The fraction of sp³-hybridized carbons (Fsp3) is 0.630. The number of Topliss-reactive ketones (excluding diaryl/α,β-unsaturated/α-hetero) is 4. The molecule has 0 aliphatic carbocycles. The molecule has 1 aliphatic rings. The van der Waals surface area contributed by atoms with Gasteiger partial charge in [0, 0.05) is 52.4 Å². The van der Waals surface area contributed by atoms with E-state index in [2.05, 4.69) is 19.6 Å². The number of nitrogens with zero attached hydrogens (tertiary/aromatic N) is 4. The number of phenolic OH excluding ortho intramolecular Hbond substituents is 1. The predicted octanol–water partition coefficient (Wildman–Crippen LogP) is 0.881. The smallest absolute Gasteiger partial charge is 0.147 e. The summed E-state index contributed by atoms with van der Waals surface area (Å²) in [5.74, 6) is 0.475. The van der Waals surface area contributed by atoms with Crippen LogP contribution in [0.1, 0.15) is 33.3 Å². The number of phenols is 1. The van der Waals surface area contributed by atoms with Crippen LogP contribution >= 0.6 is 0 Å². The number of ketones is 4. The van der Waals surface area contributed by atoms with Crippen molar-refractivity contribution in [3.63, 3.8) is 0 Å². The van der Waals surface area contributed by atoms with E-state index in [1.54, 1.807) is 39.8 Å². The number of aromatic hydroxyl groups is 1. The molecule has 1 heterocycles. The maximum absolute atomic E-state index is 12.8. The van der Waals surface area contributed by atoms with E-state index in [4.69, 9.17) is 0 Å². The second kappa shape index (κ2) is 14.9. The van der Waals surface area contributed by atoms with E-state index in [1.165, 1.54) is 0 Å². The molecule has 1 fully saturated rings. The second-order valence-electron chi connectivity index (χ2n) is 9.97. The van der Waals surface area contributed by atoms with Crippen LogP contribution in [0.5, 0.6) is 5.75 Å². The van der Waals surface area contributed by atoms with E-state index in [9.17, 15) is 24.3 Å². The van der Waals surface area contributed by atoms with Crippen LogP contribution in [0.25, 0.3) is 0 Å². The van der Waals surface area contributed by atoms with Crippen molar-refractivity contribution < 1.29 is 24.3 Å². The number of rotatable bonds is 10. The molecule has 1 atom stereocenters. The maximum Gasteiger partial charge on any atom is 0.147 e. The molecule has 200 valence electrons. The zero-order chi connectivity index (χ0) is 26.7. The first-order chi connectivity index (χ1) is 17.0. The lowest BCUT2D eigenvalue weighted by Crippen LogP contribution is -2.51. The number of carbonyl (C=O) groups excluding carboxylic acids is 4. The Hall–Kier alpha value is -2.46. The lowest BCUT2D eigenvalue weighted by molar-refractivity contribution is -0.123. The van der Waals surface area contributed by atoms with Gasteiger partial charge in [-0.2, -0.15) is 0 Å². The fourth-order valence-electron chi connectivity index (χ4n) is 4.67. The van der Waals surface area contributed by atoms with Gasteiger partial charge in [0.15, 0.2) is 0 Å². The van der Waals surface area contributed by atoms with Gasteiger partial charge in [-0.05, 0) is 51.8 Å². The monoisotopic (exact) mass is 502 g/mol. The molecule has 1 aromatic carbocycles. The topological polar surface area (TPSA) is 101 Å². The number of benzene rings is 1. The van der Waals surface area contributed by atoms with Gasteiger partial charge in [0.05, 0.1) is 25.7 Å². The van der Waals surface area contributed by atoms with Crippen molar-refractivity contribution in [2.75, 3.05) is 72.0 Å². The van der Waals surface area contributed by atoms with E-state index >= 15 is 0 Å². The Morgan fingerprint density at radius 3 is 1.36 bits per heavy atom. The van der Waals surface area contributed by atoms with Crippen LogP contribution in [0.3, 0.4) is 0 Å². The average molecular weight is 503 g/mol. The third kappa shape index (κ3) is 11.1. The summed E-state index contributed by atoms with van der Waals surface area (Å²) in [6.45, 7) is 12.3. The molecular weight excluding hydrogens is 460 g/mol. The van der Waals surface area contributed by atoms with Crippen LogP contribution in [0.2, 0.25) is 0 Å². The summed E-state index contributed by atoms with van der Waals surface area (Å²) >= 11 is 0. The molecule has 0 radical (unpaired) electrons. The van der Waals surface area contributed by atoms with Crippen molar-refractivity contribution in [2.24, 2.45) is 0 Å². The Bertz CT molecular complexity index is 857. The average Bonchev–Trinajstić information content (AvgIpc) is 2.78.